The van der Waals surface area contributed by atoms with Gasteiger partial charge in [-0.15, -0.1) is 0 Å². The molecule has 0 radical (unpaired) electrons. The molecule has 3 aromatic carbocycles. The number of anilines is 2. The van der Waals surface area contributed by atoms with Crippen LogP contribution >= 0.6 is 0 Å². The molecule has 8 aliphatic rings. The number of carbonyl (C=O) groups excluding carboxylic acids is 5. The van der Waals surface area contributed by atoms with E-state index in [2.05, 4.69) is 37.3 Å². The van der Waals surface area contributed by atoms with E-state index in [1.54, 1.807) is 18.3 Å². The number of amides is 5. The molecule has 0 spiro atoms. The highest BCUT2D eigenvalue weighted by Gasteiger charge is 2.46. The average molecular weight is 1000 g/mol. The number of piperazine rings is 2. The highest BCUT2D eigenvalue weighted by atomic mass is 19.1. The molecular weight excluding hydrogens is 942 g/mol. The number of rotatable bonds is 9. The first-order chi connectivity index (χ1) is 36.0. The van der Waals surface area contributed by atoms with Gasteiger partial charge in [0.2, 0.25) is 17.7 Å². The summed E-state index contributed by atoms with van der Waals surface area (Å²) in [6, 6.07) is 19.3. The van der Waals surface area contributed by atoms with Crippen LogP contribution in [-0.4, -0.2) is 167 Å². The predicted octanol–water partition coefficient (Wildman–Crippen LogP) is 4.86. The first-order valence-corrected chi connectivity index (χ1v) is 26.8. The highest BCUT2D eigenvalue weighted by Crippen LogP contribution is 2.45. The Kier molecular flexibility index (Phi) is 12.1. The summed E-state index contributed by atoms with van der Waals surface area (Å²) in [4.78, 5) is 91.9. The van der Waals surface area contributed by atoms with Crippen LogP contribution in [0, 0.1) is 23.6 Å². The molecule has 18 heteroatoms. The van der Waals surface area contributed by atoms with Crippen molar-refractivity contribution in [1.82, 2.24) is 45.2 Å². The quantitative estimate of drug-likeness (QED) is 0.192. The van der Waals surface area contributed by atoms with Crippen molar-refractivity contribution in [3.63, 3.8) is 0 Å². The predicted molar refractivity (Wildman–Crippen MR) is 275 cm³/mol. The molecule has 6 saturated heterocycles. The number of hydrogen-bond donors (Lipinski definition) is 2. The first-order valence-electron chi connectivity index (χ1n) is 26.8. The molecule has 2 aromatic heterocycles. The minimum absolute atomic E-state index is 0.0521. The number of pyridine rings is 1. The number of piperidine rings is 2. The second-order valence-corrected chi connectivity index (χ2v) is 22.2. The summed E-state index contributed by atoms with van der Waals surface area (Å²) in [6.07, 6.45) is 9.30. The van der Waals surface area contributed by atoms with E-state index in [0.717, 1.165) is 104 Å². The van der Waals surface area contributed by atoms with Crippen LogP contribution in [0.2, 0.25) is 0 Å². The fourth-order valence-electron chi connectivity index (χ4n) is 13.7. The number of imide groups is 2. The van der Waals surface area contributed by atoms with E-state index in [9.17, 15) is 24.0 Å². The number of halogens is 1. The van der Waals surface area contributed by atoms with E-state index in [1.165, 1.54) is 12.8 Å². The van der Waals surface area contributed by atoms with Crippen LogP contribution in [0.15, 0.2) is 66.9 Å². The molecule has 384 valence electrons. The largest absolute Gasteiger partial charge is 0.462 e. The monoisotopic (exact) mass is 1000 g/mol. The Hall–Kier alpha value is -6.63. The zero-order chi connectivity index (χ0) is 50.4. The van der Waals surface area contributed by atoms with Gasteiger partial charge in [-0.1, -0.05) is 42.5 Å². The van der Waals surface area contributed by atoms with Crippen LogP contribution in [0.25, 0.3) is 32.9 Å². The second-order valence-electron chi connectivity index (χ2n) is 22.2. The summed E-state index contributed by atoms with van der Waals surface area (Å²) >= 11 is 0. The van der Waals surface area contributed by atoms with E-state index < -0.39 is 35.5 Å². The van der Waals surface area contributed by atoms with Gasteiger partial charge in [0.05, 0.1) is 16.5 Å². The normalized spacial score (nSPS) is 27.8. The number of nitrogens with one attached hydrogen (secondary N) is 2. The van der Waals surface area contributed by atoms with Gasteiger partial charge >= 0.3 is 6.01 Å². The number of likely N-dealkylation sites (tertiary alicyclic amines) is 2. The molecule has 7 fully saturated rings. The van der Waals surface area contributed by atoms with E-state index in [1.807, 2.05) is 53.4 Å². The third-order valence-electron chi connectivity index (χ3n) is 17.9. The number of ether oxygens (including phenoxy) is 1. The summed E-state index contributed by atoms with van der Waals surface area (Å²) in [5.74, 6) is -0.215. The van der Waals surface area contributed by atoms with Gasteiger partial charge in [0, 0.05) is 99.8 Å². The molecule has 2 N–H and O–H groups in total. The molecule has 74 heavy (non-hydrogen) atoms. The summed E-state index contributed by atoms with van der Waals surface area (Å²) < 4.78 is 23.7. The van der Waals surface area contributed by atoms with Crippen LogP contribution in [0.3, 0.4) is 0 Å². The maximum absolute atomic E-state index is 17.2. The molecule has 5 amide bonds. The average Bonchev–Trinajstić information content (AvgIpc) is 3.89. The number of aromatic nitrogens is 3. The number of benzene rings is 3. The standard InChI is InChI=1S/C56H62FN11O6/c1-63-30-39(64-17-15-33(16-18-64)53(71)66-21-19-65(20-22-66)38-11-12-43-44(26-38)55(73)68(54(43)72)46-13-14-47(69)60-52(46)70)25-40(63)31-74-56-61-50-45(27-58-49(48(50)57)42-8-4-6-32-5-2-3-7-41(32)42)51(62-56)67-28-36-23-34-9-10-35(34)24-37(29-67)59-36/h2-8,11-12,26-27,33-37,39-40,46,59H,9-10,13-25,28-31H2,1H3,(H,60,69,70)/t34?,35?,36?,37?,39-,40-,46?/m0/s1. The smallest absolute Gasteiger partial charge is 0.319 e. The molecule has 9 heterocycles. The maximum Gasteiger partial charge on any atom is 0.319 e. The Labute approximate surface area is 428 Å². The Morgan fingerprint density at radius 3 is 2.26 bits per heavy atom. The molecule has 1 aliphatic carbocycles. The van der Waals surface area contributed by atoms with Crippen molar-refractivity contribution < 1.29 is 33.1 Å². The Morgan fingerprint density at radius 1 is 0.757 bits per heavy atom. The SMILES string of the molecule is CN1C[C@@H](N2CCC(C(=O)N3CCN(c4ccc5c(c4)C(=O)N(C4CCC(=O)NC4=O)C5=O)CC3)CC2)C[C@H]1COc1nc(N2CC3CC4CCC4CC(C2)N3)c2cnc(-c3cccc4ccccc34)c(F)c2n1. The number of nitrogens with zero attached hydrogens (tertiary/aromatic N) is 9. The van der Waals surface area contributed by atoms with Crippen molar-refractivity contribution in [2.75, 3.05) is 82.4 Å². The van der Waals surface area contributed by atoms with Gasteiger partial charge in [0.15, 0.2) is 5.82 Å². The van der Waals surface area contributed by atoms with Gasteiger partial charge in [-0.3, -0.25) is 49.0 Å². The summed E-state index contributed by atoms with van der Waals surface area (Å²) in [6.45, 7) is 6.73. The van der Waals surface area contributed by atoms with Crippen molar-refractivity contribution in [2.45, 2.75) is 88.0 Å². The van der Waals surface area contributed by atoms with Crippen molar-refractivity contribution >= 4 is 62.7 Å². The topological polar surface area (TPSA) is 177 Å². The van der Waals surface area contributed by atoms with Gasteiger partial charge in [0.25, 0.3) is 11.8 Å². The van der Waals surface area contributed by atoms with Gasteiger partial charge < -0.3 is 24.8 Å². The zero-order valence-electron chi connectivity index (χ0n) is 41.8. The van der Waals surface area contributed by atoms with Crippen LogP contribution < -0.4 is 25.2 Å². The van der Waals surface area contributed by atoms with Gasteiger partial charge in [-0.05, 0) is 112 Å². The molecule has 7 aliphatic heterocycles. The van der Waals surface area contributed by atoms with Crippen LogP contribution in [0.4, 0.5) is 15.9 Å². The lowest BCUT2D eigenvalue weighted by molar-refractivity contribution is -0.138. The van der Waals surface area contributed by atoms with Crippen LogP contribution in [0.1, 0.15) is 78.5 Å². The fraction of sp³-hybridized carbons (Fsp3) is 0.500. The summed E-state index contributed by atoms with van der Waals surface area (Å²) in [5.41, 5.74) is 2.48. The number of fused-ring (bicyclic) bond motifs is 6. The minimum atomic E-state index is -1.01. The van der Waals surface area contributed by atoms with Crippen molar-refractivity contribution in [1.29, 1.82) is 0 Å². The molecule has 7 atom stereocenters. The van der Waals surface area contributed by atoms with Crippen LogP contribution in [0.5, 0.6) is 6.01 Å². The van der Waals surface area contributed by atoms with E-state index in [0.29, 0.717) is 62.1 Å². The molecule has 5 aromatic rings. The minimum Gasteiger partial charge on any atom is -0.462 e. The number of carbonyl (C=O) groups is 5. The van der Waals surface area contributed by atoms with Crippen LogP contribution in [-0.2, 0) is 14.4 Å². The summed E-state index contributed by atoms with van der Waals surface area (Å²) in [5, 5.41) is 8.69. The Bertz CT molecular complexity index is 3080. The second kappa shape index (κ2) is 18.9. The third kappa shape index (κ3) is 8.42. The maximum atomic E-state index is 17.2. The van der Waals surface area contributed by atoms with Gasteiger partial charge in [-0.2, -0.15) is 9.97 Å². The highest BCUT2D eigenvalue weighted by molar-refractivity contribution is 6.23. The van der Waals surface area contributed by atoms with E-state index >= 15 is 4.39 Å². The molecule has 1 saturated carbocycles. The third-order valence-corrected chi connectivity index (χ3v) is 17.9. The molecule has 2 bridgehead atoms. The van der Waals surface area contributed by atoms with E-state index in [4.69, 9.17) is 19.7 Å². The lowest BCUT2D eigenvalue weighted by Gasteiger charge is -2.40. The fourth-order valence-corrected chi connectivity index (χ4v) is 13.7. The summed E-state index contributed by atoms with van der Waals surface area (Å²) in [7, 11) is 2.13. The molecular formula is C56H62FN11O6. The van der Waals surface area contributed by atoms with Crippen molar-refractivity contribution in [3.05, 3.63) is 83.8 Å². The van der Waals surface area contributed by atoms with Gasteiger partial charge in [-0.25, -0.2) is 4.39 Å². The zero-order valence-corrected chi connectivity index (χ0v) is 41.8. The number of likely N-dealkylation sites (N-methyl/N-ethyl adjacent to an activating group) is 1. The number of hydrogen-bond acceptors (Lipinski definition) is 14. The van der Waals surface area contributed by atoms with E-state index in [-0.39, 0.29) is 59.1 Å². The molecule has 13 rings (SSSR count). The molecule has 17 nitrogen and oxygen atoms in total. The lowest BCUT2D eigenvalue weighted by Crippen LogP contribution is -2.56. The van der Waals surface area contributed by atoms with Crippen molar-refractivity contribution in [3.8, 4) is 17.3 Å². The first kappa shape index (κ1) is 47.1. The molecule has 5 unspecified atom stereocenters. The lowest BCUT2D eigenvalue weighted by atomic mass is 9.69. The van der Waals surface area contributed by atoms with Crippen molar-refractivity contribution in [2.24, 2.45) is 17.8 Å². The Morgan fingerprint density at radius 2 is 1.50 bits per heavy atom. The Balaban J connectivity index is 0.645. The van der Waals surface area contributed by atoms with Gasteiger partial charge in [0.1, 0.15) is 29.7 Å².